The number of methoxy groups -OCH3 is 1. The van der Waals surface area contributed by atoms with Crippen LogP contribution >= 0.6 is 0 Å². The number of aromatic nitrogens is 1. The van der Waals surface area contributed by atoms with E-state index < -0.39 is 10.8 Å². The van der Waals surface area contributed by atoms with Crippen LogP contribution in [0.5, 0.6) is 5.75 Å². The maximum absolute atomic E-state index is 13.8. The maximum atomic E-state index is 13.8. The van der Waals surface area contributed by atoms with Gasteiger partial charge >= 0.3 is 0 Å². The number of ether oxygens (including phenoxy) is 1. The van der Waals surface area contributed by atoms with Gasteiger partial charge in [-0.1, -0.05) is 36.4 Å². The van der Waals surface area contributed by atoms with Gasteiger partial charge in [0.2, 0.25) is 5.91 Å². The zero-order valence-corrected chi connectivity index (χ0v) is 23.2. The van der Waals surface area contributed by atoms with Crippen LogP contribution in [0.4, 0.5) is 5.69 Å². The SMILES string of the molecule is COc1ccc(CN(CCc2c[nH]c3ccccc23)C(=O)CN(C(=O)c2ccc(C)c([N+](=O)[O-])c2)C(C)C)cc1. The molecule has 0 aliphatic rings. The summed E-state index contributed by atoms with van der Waals surface area (Å²) in [7, 11) is 1.60. The van der Waals surface area contributed by atoms with Crippen molar-refractivity contribution in [3.63, 3.8) is 0 Å². The van der Waals surface area contributed by atoms with E-state index >= 15 is 0 Å². The molecule has 0 unspecified atom stereocenters. The molecular formula is C31H34N4O5. The fourth-order valence-electron chi connectivity index (χ4n) is 4.68. The summed E-state index contributed by atoms with van der Waals surface area (Å²) in [6.07, 6.45) is 2.60. The minimum Gasteiger partial charge on any atom is -0.497 e. The molecule has 40 heavy (non-hydrogen) atoms. The van der Waals surface area contributed by atoms with Crippen molar-refractivity contribution in [2.75, 3.05) is 20.2 Å². The molecule has 0 saturated carbocycles. The van der Waals surface area contributed by atoms with Crippen LogP contribution in [0.15, 0.2) is 72.9 Å². The number of nitrogens with one attached hydrogen (secondary N) is 1. The fraction of sp³-hybridized carbons (Fsp3) is 0.290. The van der Waals surface area contributed by atoms with Crippen LogP contribution < -0.4 is 4.74 Å². The minimum atomic E-state index is -0.502. The lowest BCUT2D eigenvalue weighted by Crippen LogP contribution is -2.46. The van der Waals surface area contributed by atoms with E-state index in [1.54, 1.807) is 31.1 Å². The zero-order valence-electron chi connectivity index (χ0n) is 23.2. The van der Waals surface area contributed by atoms with Crippen molar-refractivity contribution in [3.8, 4) is 5.75 Å². The number of hydrogen-bond acceptors (Lipinski definition) is 5. The number of carbonyl (C=O) groups excluding carboxylic acids is 2. The number of nitro groups is 1. The van der Waals surface area contributed by atoms with Gasteiger partial charge in [0.25, 0.3) is 11.6 Å². The number of carbonyl (C=O) groups is 2. The van der Waals surface area contributed by atoms with Crippen LogP contribution in [0.1, 0.15) is 40.9 Å². The second-order valence-electron chi connectivity index (χ2n) is 10.1. The zero-order chi connectivity index (χ0) is 28.8. The third kappa shape index (κ3) is 6.48. The first-order valence-electron chi connectivity index (χ1n) is 13.2. The lowest BCUT2D eigenvalue weighted by atomic mass is 10.1. The van der Waals surface area contributed by atoms with Crippen LogP contribution in [-0.2, 0) is 17.8 Å². The summed E-state index contributed by atoms with van der Waals surface area (Å²) in [5.41, 5.74) is 3.60. The Labute approximate surface area is 233 Å². The van der Waals surface area contributed by atoms with Gasteiger partial charge < -0.3 is 19.5 Å². The molecule has 0 bridgehead atoms. The average molecular weight is 543 g/mol. The topological polar surface area (TPSA) is 109 Å². The Kier molecular flexibility index (Phi) is 8.83. The first-order valence-corrected chi connectivity index (χ1v) is 13.2. The van der Waals surface area contributed by atoms with Crippen LogP contribution in [0, 0.1) is 17.0 Å². The Morgan fingerprint density at radius 3 is 2.45 bits per heavy atom. The summed E-state index contributed by atoms with van der Waals surface area (Å²) >= 11 is 0. The molecule has 0 fully saturated rings. The Morgan fingerprint density at radius 1 is 1.05 bits per heavy atom. The molecule has 3 aromatic carbocycles. The molecule has 0 saturated heterocycles. The highest BCUT2D eigenvalue weighted by molar-refractivity contribution is 5.97. The normalized spacial score (nSPS) is 11.0. The molecule has 0 radical (unpaired) electrons. The second-order valence-corrected chi connectivity index (χ2v) is 10.1. The Morgan fingerprint density at radius 2 is 1.77 bits per heavy atom. The molecule has 0 atom stereocenters. The molecule has 4 aromatic rings. The highest BCUT2D eigenvalue weighted by atomic mass is 16.6. The monoisotopic (exact) mass is 542 g/mol. The number of rotatable bonds is 11. The van der Waals surface area contributed by atoms with E-state index in [1.165, 1.54) is 11.0 Å². The summed E-state index contributed by atoms with van der Waals surface area (Å²) < 4.78 is 5.27. The number of nitrogens with zero attached hydrogens (tertiary/aromatic N) is 3. The fourth-order valence-corrected chi connectivity index (χ4v) is 4.68. The summed E-state index contributed by atoms with van der Waals surface area (Å²) in [4.78, 5) is 44.7. The van der Waals surface area contributed by atoms with E-state index in [4.69, 9.17) is 4.74 Å². The Bertz CT molecular complexity index is 1510. The molecule has 1 aromatic heterocycles. The van der Waals surface area contributed by atoms with Crippen LogP contribution in [-0.4, -0.2) is 57.8 Å². The van der Waals surface area contributed by atoms with Crippen molar-refractivity contribution in [3.05, 3.63) is 105 Å². The van der Waals surface area contributed by atoms with E-state index in [2.05, 4.69) is 11.1 Å². The third-order valence-corrected chi connectivity index (χ3v) is 7.05. The van der Waals surface area contributed by atoms with E-state index in [0.29, 0.717) is 25.1 Å². The molecule has 9 heteroatoms. The quantitative estimate of drug-likeness (QED) is 0.198. The van der Waals surface area contributed by atoms with Gasteiger partial charge in [-0.15, -0.1) is 0 Å². The molecule has 0 aliphatic carbocycles. The summed E-state index contributed by atoms with van der Waals surface area (Å²) in [5, 5.41) is 12.6. The van der Waals surface area contributed by atoms with E-state index in [-0.39, 0.29) is 29.7 Å². The average Bonchev–Trinajstić information content (AvgIpc) is 3.36. The van der Waals surface area contributed by atoms with Gasteiger partial charge in [0.15, 0.2) is 0 Å². The van der Waals surface area contributed by atoms with Gasteiger partial charge in [-0.25, -0.2) is 0 Å². The van der Waals surface area contributed by atoms with E-state index in [0.717, 1.165) is 27.8 Å². The predicted octanol–water partition coefficient (Wildman–Crippen LogP) is 5.52. The maximum Gasteiger partial charge on any atom is 0.273 e. The molecule has 4 rings (SSSR count). The van der Waals surface area contributed by atoms with Crippen molar-refractivity contribution in [2.24, 2.45) is 0 Å². The van der Waals surface area contributed by atoms with Crippen molar-refractivity contribution in [1.82, 2.24) is 14.8 Å². The molecule has 2 amide bonds. The summed E-state index contributed by atoms with van der Waals surface area (Å²) in [5.74, 6) is 0.0935. The van der Waals surface area contributed by atoms with Crippen molar-refractivity contribution >= 4 is 28.4 Å². The first-order chi connectivity index (χ1) is 19.2. The largest absolute Gasteiger partial charge is 0.497 e. The van der Waals surface area contributed by atoms with Gasteiger partial charge in [0.05, 0.1) is 12.0 Å². The molecule has 0 aliphatic heterocycles. The van der Waals surface area contributed by atoms with Gasteiger partial charge in [-0.3, -0.25) is 19.7 Å². The first kappa shape index (κ1) is 28.4. The third-order valence-electron chi connectivity index (χ3n) is 7.05. The van der Waals surface area contributed by atoms with Crippen LogP contribution in [0.25, 0.3) is 10.9 Å². The number of para-hydroxylation sites is 1. The summed E-state index contributed by atoms with van der Waals surface area (Å²) in [6.45, 7) is 5.94. The number of amides is 2. The lowest BCUT2D eigenvalue weighted by Gasteiger charge is -2.30. The Hall–Kier alpha value is -4.66. The lowest BCUT2D eigenvalue weighted by molar-refractivity contribution is -0.385. The standard InChI is InChI=1S/C31H34N4O5/c1-21(2)34(31(37)24-12-9-22(3)29(17-24)35(38)39)20-30(36)33(19-23-10-13-26(40-4)14-11-23)16-15-25-18-32-28-8-6-5-7-27(25)28/h5-14,17-18,21,32H,15-16,19-20H2,1-4H3. The number of aromatic amines is 1. The van der Waals surface area contributed by atoms with E-state index in [9.17, 15) is 19.7 Å². The number of H-pyrrole nitrogens is 1. The predicted molar refractivity (Wildman–Crippen MR) is 154 cm³/mol. The number of nitro benzene ring substituents is 1. The smallest absolute Gasteiger partial charge is 0.273 e. The van der Waals surface area contributed by atoms with Crippen LogP contribution in [0.3, 0.4) is 0 Å². The number of aryl methyl sites for hydroxylation is 1. The number of fused-ring (bicyclic) bond motifs is 1. The van der Waals surface area contributed by atoms with Gasteiger partial charge in [0, 0.05) is 53.4 Å². The van der Waals surface area contributed by atoms with Gasteiger partial charge in [0.1, 0.15) is 12.3 Å². The van der Waals surface area contributed by atoms with Crippen molar-refractivity contribution in [1.29, 1.82) is 0 Å². The molecule has 1 heterocycles. The molecule has 9 nitrogen and oxygen atoms in total. The summed E-state index contributed by atoms with van der Waals surface area (Å²) in [6, 6.07) is 19.7. The molecule has 208 valence electrons. The van der Waals surface area contributed by atoms with Crippen molar-refractivity contribution in [2.45, 2.75) is 39.8 Å². The second kappa shape index (κ2) is 12.5. The number of hydrogen-bond donors (Lipinski definition) is 1. The molecule has 1 N–H and O–H groups in total. The van der Waals surface area contributed by atoms with Crippen molar-refractivity contribution < 1.29 is 19.2 Å². The van der Waals surface area contributed by atoms with Gasteiger partial charge in [-0.2, -0.15) is 0 Å². The molecular weight excluding hydrogens is 508 g/mol. The van der Waals surface area contributed by atoms with Crippen LogP contribution in [0.2, 0.25) is 0 Å². The number of benzene rings is 3. The highest BCUT2D eigenvalue weighted by Crippen LogP contribution is 2.22. The molecule has 0 spiro atoms. The minimum absolute atomic E-state index is 0.124. The van der Waals surface area contributed by atoms with E-state index in [1.807, 2.05) is 62.5 Å². The highest BCUT2D eigenvalue weighted by Gasteiger charge is 2.26. The van der Waals surface area contributed by atoms with Gasteiger partial charge in [-0.05, 0) is 62.6 Å². The Balaban J connectivity index is 1.57.